The first-order valence-electron chi connectivity index (χ1n) is 14.7. The van der Waals surface area contributed by atoms with Gasteiger partial charge in [0.1, 0.15) is 22.0 Å². The molecule has 6 aromatic rings. The average molecular weight is 827 g/mol. The van der Waals surface area contributed by atoms with Crippen molar-refractivity contribution < 1.29 is 69.5 Å². The molecule has 16 nitrogen and oxygen atoms in total. The van der Waals surface area contributed by atoms with Gasteiger partial charge in [0.25, 0.3) is 10.1 Å². The van der Waals surface area contributed by atoms with Gasteiger partial charge in [0.15, 0.2) is 5.75 Å². The molecule has 0 amide bonds. The number of aryl methyl sites for hydroxylation is 1. The molecule has 0 fully saturated rings. The van der Waals surface area contributed by atoms with E-state index in [4.69, 9.17) is 10.5 Å². The van der Waals surface area contributed by atoms with Gasteiger partial charge in [-0.25, -0.2) is 10.5 Å². The van der Waals surface area contributed by atoms with E-state index in [1.165, 1.54) is 24.3 Å². The van der Waals surface area contributed by atoms with E-state index in [1.54, 1.807) is 37.3 Å². The minimum atomic E-state index is -4.68. The quantitative estimate of drug-likeness (QED) is 0.0159. The van der Waals surface area contributed by atoms with E-state index in [-0.39, 0.29) is 66.5 Å². The number of hydrogen-bond acceptors (Lipinski definition) is 17. The van der Waals surface area contributed by atoms with Crippen molar-refractivity contribution >= 4 is 89.9 Å². The number of phenols is 2. The van der Waals surface area contributed by atoms with Gasteiger partial charge in [-0.15, -0.1) is 18.9 Å². The van der Waals surface area contributed by atoms with Crippen LogP contribution in [0.3, 0.4) is 0 Å². The Kier molecular flexibility index (Phi) is 13.0. The minimum Gasteiger partial charge on any atom is -0.506 e. The minimum absolute atomic E-state index is 0. The maximum atomic E-state index is 12.1. The Morgan fingerprint density at radius 1 is 0.698 bits per heavy atom. The number of azo groups is 2. The smallest absolute Gasteiger partial charge is 0.295 e. The van der Waals surface area contributed by atoms with E-state index in [0.29, 0.717) is 45.8 Å². The molecule has 20 heteroatoms. The molecule has 0 saturated carbocycles. The van der Waals surface area contributed by atoms with E-state index >= 15 is 0 Å². The van der Waals surface area contributed by atoms with Crippen LogP contribution in [0.25, 0.3) is 21.5 Å². The fraction of sp³-hybridized carbons (Fsp3) is 0.0303. The van der Waals surface area contributed by atoms with Crippen LogP contribution >= 0.6 is 24.1 Å². The largest absolute Gasteiger partial charge is 0.506 e. The van der Waals surface area contributed by atoms with Gasteiger partial charge in [-0.3, -0.25) is 4.55 Å². The Morgan fingerprint density at radius 3 is 2.17 bits per heavy atom. The van der Waals surface area contributed by atoms with Crippen molar-refractivity contribution in [3.63, 3.8) is 0 Å². The average Bonchev–Trinajstić information content (AvgIpc) is 3.13. The summed E-state index contributed by atoms with van der Waals surface area (Å²) in [6, 6.07) is 26.4. The van der Waals surface area contributed by atoms with Crippen LogP contribution in [0, 0.1) is 6.92 Å². The van der Waals surface area contributed by atoms with Crippen LogP contribution in [-0.4, -0.2) is 33.7 Å². The Balaban J connectivity index is 0.00000541. The molecular weight excluding hydrogens is 802 g/mol. The zero-order valence-corrected chi connectivity index (χ0v) is 30.1. The van der Waals surface area contributed by atoms with Crippen molar-refractivity contribution in [2.75, 3.05) is 5.32 Å². The Hall–Kier alpha value is -4.67. The van der Waals surface area contributed by atoms with Crippen LogP contribution < -0.4 is 5.32 Å². The molecule has 277 valence electrons. The molecule has 0 spiro atoms. The zero-order valence-electron chi connectivity index (χ0n) is 26.7. The number of benzene rings is 6. The molecule has 0 heterocycles. The number of para-hydroxylation sites is 1. The Labute approximate surface area is 319 Å². The van der Waals surface area contributed by atoms with E-state index in [0.717, 1.165) is 17.4 Å². The molecule has 0 aromatic heterocycles. The number of rotatable bonds is 13. The Bertz CT molecular complexity index is 2460. The number of hydrogen-bond donors (Lipinski definition) is 6. The van der Waals surface area contributed by atoms with Gasteiger partial charge in [-0.1, -0.05) is 34.3 Å². The van der Waals surface area contributed by atoms with Crippen LogP contribution in [0.2, 0.25) is 0 Å². The van der Waals surface area contributed by atoms with Crippen molar-refractivity contribution in [3.05, 3.63) is 103 Å². The molecule has 0 aliphatic heterocycles. The van der Waals surface area contributed by atoms with Gasteiger partial charge in [0, 0.05) is 50.2 Å². The van der Waals surface area contributed by atoms with Gasteiger partial charge in [0.2, 0.25) is 0 Å². The molecule has 0 aliphatic carbocycles. The maximum absolute atomic E-state index is 12.1. The van der Waals surface area contributed by atoms with Crippen LogP contribution in [0.5, 0.6) is 11.5 Å². The molecule has 6 N–H and O–H groups in total. The van der Waals surface area contributed by atoms with Crippen LogP contribution in [-0.2, 0) is 45.9 Å². The molecule has 0 aliphatic rings. The van der Waals surface area contributed by atoms with Crippen LogP contribution in [0.4, 0.5) is 34.1 Å². The van der Waals surface area contributed by atoms with Crippen molar-refractivity contribution in [2.24, 2.45) is 20.5 Å². The van der Waals surface area contributed by atoms with Crippen LogP contribution in [0.1, 0.15) is 5.56 Å². The number of nitrogens with one attached hydrogen (secondary N) is 1. The fourth-order valence-electron chi connectivity index (χ4n) is 5.07. The summed E-state index contributed by atoms with van der Waals surface area (Å²) in [5, 5.41) is 68.1. The first kappa shape index (κ1) is 39.5. The summed E-state index contributed by atoms with van der Waals surface area (Å²) in [6.45, 7) is 1.68. The molecule has 53 heavy (non-hydrogen) atoms. The third kappa shape index (κ3) is 9.47. The maximum Gasteiger partial charge on any atom is 0.295 e. The summed E-state index contributed by atoms with van der Waals surface area (Å²) in [7, 11) is -4.68. The van der Waals surface area contributed by atoms with Crippen LogP contribution in [0.15, 0.2) is 132 Å². The van der Waals surface area contributed by atoms with E-state index in [9.17, 15) is 23.2 Å². The molecule has 0 atom stereocenters. The summed E-state index contributed by atoms with van der Waals surface area (Å²) in [6.07, 6.45) is 0. The van der Waals surface area contributed by atoms with Crippen molar-refractivity contribution in [2.45, 2.75) is 21.6 Å². The predicted molar refractivity (Wildman–Crippen MR) is 192 cm³/mol. The monoisotopic (exact) mass is 826 g/mol. The van der Waals surface area contributed by atoms with Gasteiger partial charge in [0.05, 0.1) is 40.4 Å². The van der Waals surface area contributed by atoms with Gasteiger partial charge in [-0.05, 0) is 90.0 Å². The molecular formula is C33H25CuN5O11S3. The fourth-order valence-corrected chi connectivity index (χ4v) is 6.82. The first-order chi connectivity index (χ1) is 25.0. The topological polar surface area (TPSA) is 234 Å². The zero-order chi connectivity index (χ0) is 36.8. The third-order valence-corrected chi connectivity index (χ3v) is 9.47. The number of aromatic hydroxyl groups is 2. The molecule has 6 aromatic carbocycles. The summed E-state index contributed by atoms with van der Waals surface area (Å²) < 4.78 is 43.1. The SMILES string of the molecule is Cc1cc(N=Nc2c(SOOO)cc3cc(Nc4ccccc4)ccc3c2O)c(O)cc1N=Nc1ccc2cc(SOOO)cc(S(=O)(=O)O)c2c1.[Cu]. The second-order valence-electron chi connectivity index (χ2n) is 10.8. The summed E-state index contributed by atoms with van der Waals surface area (Å²) in [4.78, 5) is 0.0149. The second kappa shape index (κ2) is 17.4. The van der Waals surface area contributed by atoms with Crippen molar-refractivity contribution in [1.82, 2.24) is 0 Å². The second-order valence-corrected chi connectivity index (χ2v) is 13.7. The third-order valence-electron chi connectivity index (χ3n) is 7.40. The van der Waals surface area contributed by atoms with E-state index in [1.807, 2.05) is 36.4 Å². The first-order valence-corrected chi connectivity index (χ1v) is 17.6. The van der Waals surface area contributed by atoms with E-state index < -0.39 is 15.0 Å². The number of phenolic OH excluding ortho intramolecular Hbond substituents is 2. The summed E-state index contributed by atoms with van der Waals surface area (Å²) in [5.41, 5.74) is 2.61. The molecule has 0 bridgehead atoms. The number of nitrogens with zero attached hydrogens (tertiary/aromatic N) is 4. The molecule has 0 saturated heterocycles. The van der Waals surface area contributed by atoms with Crippen molar-refractivity contribution in [1.29, 1.82) is 0 Å². The van der Waals surface area contributed by atoms with Gasteiger partial charge in [-0.2, -0.15) is 18.6 Å². The van der Waals surface area contributed by atoms with Gasteiger partial charge < -0.3 is 15.5 Å². The number of anilines is 2. The molecule has 0 unspecified atom stereocenters. The summed E-state index contributed by atoms with van der Waals surface area (Å²) in [5.74, 6) is -0.566. The standard InChI is InChI=1S/C33H25N5O11S3.Cu/c1-18-11-28(29(39)17-27(18)36-35-23-8-7-19-13-24(50-48-46-41)16-31(26(19)15-23)52(43,44)45)37-38-32-30(51-49-47-42)14-20-12-22(9-10-25(20)33(32)40)34-21-5-3-2-4-6-21;/h2-17,34,39-42H,1H3,(H,43,44,45);. The van der Waals surface area contributed by atoms with Crippen molar-refractivity contribution in [3.8, 4) is 11.5 Å². The normalized spacial score (nSPS) is 11.8. The summed E-state index contributed by atoms with van der Waals surface area (Å²) >= 11 is 1.10. The molecule has 1 radical (unpaired) electrons. The molecule has 6 rings (SSSR count). The van der Waals surface area contributed by atoms with Gasteiger partial charge >= 0.3 is 0 Å². The predicted octanol–water partition coefficient (Wildman–Crippen LogP) is 10.4. The number of fused-ring (bicyclic) bond motifs is 2. The van der Waals surface area contributed by atoms with E-state index in [2.05, 4.69) is 44.5 Å². The Morgan fingerprint density at radius 2 is 1.43 bits per heavy atom.